The van der Waals surface area contributed by atoms with Gasteiger partial charge in [-0.2, -0.15) is 4.39 Å². The Morgan fingerprint density at radius 3 is 2.32 bits per heavy atom. The van der Waals surface area contributed by atoms with Gasteiger partial charge in [0.25, 0.3) is 0 Å². The topological polar surface area (TPSA) is 52.6 Å². The molecule has 22 heavy (non-hydrogen) atoms. The number of amides is 2. The van der Waals surface area contributed by atoms with Gasteiger partial charge in [-0.15, -0.1) is 0 Å². The molecule has 0 aliphatic carbocycles. The van der Waals surface area contributed by atoms with Crippen molar-refractivity contribution in [1.82, 2.24) is 5.32 Å². The van der Waals surface area contributed by atoms with Crippen LogP contribution in [0.4, 0.5) is 19.3 Å². The van der Waals surface area contributed by atoms with Crippen LogP contribution in [-0.2, 0) is 0 Å². The second-order valence-corrected chi connectivity index (χ2v) is 7.49. The number of aromatic hydroxyl groups is 1. The number of carbonyl (C=O) groups excluding carboxylic acids is 1. The molecule has 124 valence electrons. The average Bonchev–Trinajstić information content (AvgIpc) is 2.31. The number of hydrogen-bond donors (Lipinski definition) is 3. The Hall–Kier alpha value is -1.50. The average molecular weight is 332 g/mol. The van der Waals surface area contributed by atoms with Crippen molar-refractivity contribution in [2.24, 2.45) is 5.41 Å². The lowest BCUT2D eigenvalue weighted by molar-refractivity contribution is 0.218. The first kappa shape index (κ1) is 18.5. The van der Waals surface area contributed by atoms with Crippen molar-refractivity contribution in [3.8, 4) is 5.75 Å². The molecular formula is C15H22F2N2O2S. The van der Waals surface area contributed by atoms with Gasteiger partial charge < -0.3 is 10.4 Å². The SMILES string of the molecule is CC(C)(C)CC(C)(C)NC(=O)N(S)c1ccc(F)c(F)c1O. The second kappa shape index (κ2) is 6.32. The number of rotatable bonds is 3. The number of nitrogens with zero attached hydrogens (tertiary/aromatic N) is 1. The zero-order valence-corrected chi connectivity index (χ0v) is 14.3. The van der Waals surface area contributed by atoms with E-state index in [1.165, 1.54) is 0 Å². The predicted octanol–water partition coefficient (Wildman–Crippen LogP) is 4.25. The van der Waals surface area contributed by atoms with E-state index in [4.69, 9.17) is 0 Å². The van der Waals surface area contributed by atoms with E-state index in [0.29, 0.717) is 6.42 Å². The molecule has 0 atom stereocenters. The molecule has 0 fully saturated rings. The van der Waals surface area contributed by atoms with E-state index in [-0.39, 0.29) is 11.1 Å². The summed E-state index contributed by atoms with van der Waals surface area (Å²) in [5.74, 6) is -3.58. The van der Waals surface area contributed by atoms with Gasteiger partial charge in [0.15, 0.2) is 11.6 Å². The maximum Gasteiger partial charge on any atom is 0.332 e. The molecule has 0 unspecified atom stereocenters. The van der Waals surface area contributed by atoms with E-state index in [2.05, 4.69) is 18.1 Å². The lowest BCUT2D eigenvalue weighted by Gasteiger charge is -2.34. The highest BCUT2D eigenvalue weighted by Crippen LogP contribution is 2.33. The molecule has 4 nitrogen and oxygen atoms in total. The summed E-state index contributed by atoms with van der Waals surface area (Å²) in [6.45, 7) is 9.83. The molecule has 0 saturated heterocycles. The van der Waals surface area contributed by atoms with Crippen LogP contribution in [0, 0.1) is 17.0 Å². The summed E-state index contributed by atoms with van der Waals surface area (Å²) in [6.07, 6.45) is 0.692. The van der Waals surface area contributed by atoms with Gasteiger partial charge in [-0.25, -0.2) is 13.5 Å². The third-order valence-electron chi connectivity index (χ3n) is 2.89. The molecule has 0 spiro atoms. The van der Waals surface area contributed by atoms with Crippen molar-refractivity contribution in [1.29, 1.82) is 0 Å². The van der Waals surface area contributed by atoms with Crippen LogP contribution in [-0.4, -0.2) is 16.7 Å². The van der Waals surface area contributed by atoms with Crippen LogP contribution in [0.15, 0.2) is 12.1 Å². The summed E-state index contributed by atoms with van der Waals surface area (Å²) in [5.41, 5.74) is -0.779. The summed E-state index contributed by atoms with van der Waals surface area (Å²) in [7, 11) is 0. The maximum absolute atomic E-state index is 13.4. The Kier molecular flexibility index (Phi) is 5.33. The second-order valence-electron chi connectivity index (χ2n) is 7.09. The summed E-state index contributed by atoms with van der Waals surface area (Å²) in [4.78, 5) is 12.2. The van der Waals surface area contributed by atoms with Crippen LogP contribution in [0.5, 0.6) is 5.75 Å². The third kappa shape index (κ3) is 4.76. The minimum Gasteiger partial charge on any atom is -0.503 e. The molecule has 0 bridgehead atoms. The Labute approximate surface area is 135 Å². The summed E-state index contributed by atoms with van der Waals surface area (Å²) in [6, 6.07) is 1.26. The fourth-order valence-corrected chi connectivity index (χ4v) is 2.73. The third-order valence-corrected chi connectivity index (χ3v) is 3.28. The number of phenolic OH excluding ortho intramolecular Hbond substituents is 1. The summed E-state index contributed by atoms with van der Waals surface area (Å²) in [5, 5.41) is 12.4. The van der Waals surface area contributed by atoms with Crippen LogP contribution >= 0.6 is 12.8 Å². The van der Waals surface area contributed by atoms with E-state index in [1.54, 1.807) is 0 Å². The summed E-state index contributed by atoms with van der Waals surface area (Å²) >= 11 is 3.96. The highest BCUT2D eigenvalue weighted by Gasteiger charge is 2.29. The number of benzene rings is 1. The number of phenols is 1. The number of thiol groups is 1. The fourth-order valence-electron chi connectivity index (χ4n) is 2.52. The van der Waals surface area contributed by atoms with E-state index < -0.39 is 29.0 Å². The Balaban J connectivity index is 2.93. The van der Waals surface area contributed by atoms with Gasteiger partial charge >= 0.3 is 6.03 Å². The monoisotopic (exact) mass is 332 g/mol. The summed E-state index contributed by atoms with van der Waals surface area (Å²) < 4.78 is 27.1. The normalized spacial score (nSPS) is 12.2. The van der Waals surface area contributed by atoms with Crippen LogP contribution in [0.2, 0.25) is 0 Å². The zero-order chi connectivity index (χ0) is 17.3. The van der Waals surface area contributed by atoms with Crippen molar-refractivity contribution in [2.45, 2.75) is 46.6 Å². The number of hydrogen-bond acceptors (Lipinski definition) is 3. The number of urea groups is 1. The molecule has 1 aromatic rings. The van der Waals surface area contributed by atoms with Gasteiger partial charge in [0.2, 0.25) is 5.82 Å². The molecule has 2 N–H and O–H groups in total. The largest absolute Gasteiger partial charge is 0.503 e. The first-order valence-corrected chi connectivity index (χ1v) is 7.22. The number of anilines is 1. The van der Waals surface area contributed by atoms with Gasteiger partial charge in [-0.1, -0.05) is 33.6 Å². The predicted molar refractivity (Wildman–Crippen MR) is 86.2 cm³/mol. The van der Waals surface area contributed by atoms with Crippen LogP contribution in [0.1, 0.15) is 41.0 Å². The molecule has 2 amide bonds. The number of carbonyl (C=O) groups is 1. The molecule has 0 aliphatic heterocycles. The lowest BCUT2D eigenvalue weighted by Crippen LogP contribution is -2.49. The van der Waals surface area contributed by atoms with Gasteiger partial charge in [-0.3, -0.25) is 0 Å². The molecule has 0 radical (unpaired) electrons. The van der Waals surface area contributed by atoms with Gasteiger partial charge in [0.1, 0.15) is 5.69 Å². The van der Waals surface area contributed by atoms with E-state index >= 15 is 0 Å². The van der Waals surface area contributed by atoms with E-state index in [9.17, 15) is 18.7 Å². The van der Waals surface area contributed by atoms with E-state index in [0.717, 1.165) is 16.4 Å². The highest BCUT2D eigenvalue weighted by molar-refractivity contribution is 7.82. The standard InChI is InChI=1S/C15H22F2N2O2S/c1-14(2,3)8-15(4,5)18-13(21)19(22)10-7-6-9(16)11(17)12(10)20/h6-7,20,22H,8H2,1-5H3,(H,18,21). The first-order valence-electron chi connectivity index (χ1n) is 6.82. The van der Waals surface area contributed by atoms with Crippen molar-refractivity contribution in [3.05, 3.63) is 23.8 Å². The zero-order valence-electron chi connectivity index (χ0n) is 13.4. The fraction of sp³-hybridized carbons (Fsp3) is 0.533. The van der Waals surface area contributed by atoms with Crippen molar-refractivity contribution < 1.29 is 18.7 Å². The molecular weight excluding hydrogens is 310 g/mol. The van der Waals surface area contributed by atoms with Gasteiger partial charge in [0, 0.05) is 5.54 Å². The van der Waals surface area contributed by atoms with Crippen LogP contribution in [0.25, 0.3) is 0 Å². The number of halogens is 2. The van der Waals surface area contributed by atoms with Gasteiger partial charge in [-0.05, 0) is 37.8 Å². The molecule has 0 aliphatic rings. The van der Waals surface area contributed by atoms with Gasteiger partial charge in [0.05, 0.1) is 0 Å². The smallest absolute Gasteiger partial charge is 0.332 e. The molecule has 0 aromatic heterocycles. The Morgan fingerprint density at radius 1 is 1.27 bits per heavy atom. The lowest BCUT2D eigenvalue weighted by atomic mass is 9.82. The van der Waals surface area contributed by atoms with Crippen molar-refractivity contribution in [3.63, 3.8) is 0 Å². The first-order chi connectivity index (χ1) is 9.84. The molecule has 0 saturated carbocycles. The molecule has 1 rings (SSSR count). The Bertz CT molecular complexity index is 571. The van der Waals surface area contributed by atoms with Crippen LogP contribution < -0.4 is 9.62 Å². The minimum absolute atomic E-state index is 0.0116. The highest BCUT2D eigenvalue weighted by atomic mass is 32.1. The van der Waals surface area contributed by atoms with Crippen LogP contribution in [0.3, 0.4) is 0 Å². The maximum atomic E-state index is 13.4. The molecule has 0 heterocycles. The van der Waals surface area contributed by atoms with Crippen molar-refractivity contribution in [2.75, 3.05) is 4.31 Å². The van der Waals surface area contributed by atoms with E-state index in [1.807, 2.05) is 34.6 Å². The van der Waals surface area contributed by atoms with Crippen molar-refractivity contribution >= 4 is 24.5 Å². The minimum atomic E-state index is -1.42. The number of nitrogens with one attached hydrogen (secondary N) is 1. The quantitative estimate of drug-likeness (QED) is 0.725. The Morgan fingerprint density at radius 2 is 1.82 bits per heavy atom. The molecule has 1 aromatic carbocycles. The molecule has 7 heteroatoms.